The van der Waals surface area contributed by atoms with Crippen molar-refractivity contribution >= 4 is 17.8 Å². The van der Waals surface area contributed by atoms with E-state index >= 15 is 0 Å². The highest BCUT2D eigenvalue weighted by molar-refractivity contribution is 5.51. The molecule has 0 fully saturated rings. The van der Waals surface area contributed by atoms with Gasteiger partial charge in [0.2, 0.25) is 0 Å². The van der Waals surface area contributed by atoms with Crippen molar-refractivity contribution in [3.8, 4) is 0 Å². The van der Waals surface area contributed by atoms with Crippen LogP contribution in [0.15, 0.2) is 60.7 Å². The molecule has 0 saturated carbocycles. The average molecular weight is 198 g/mol. The van der Waals surface area contributed by atoms with Gasteiger partial charge in [0.15, 0.2) is 0 Å². The molecule has 0 saturated heterocycles. The monoisotopic (exact) mass is 198 g/mol. The molecule has 1 amide bonds. The number of carbonyl (C=O) groups is 1. The van der Waals surface area contributed by atoms with Gasteiger partial charge in [0.1, 0.15) is 11.4 Å². The predicted octanol–water partition coefficient (Wildman–Crippen LogP) is 1.69. The van der Waals surface area contributed by atoms with Crippen molar-refractivity contribution in [1.29, 1.82) is 0 Å². The standard InChI is InChI=1S/C13H11NO/c15-11-14(12-7-3-1-4-8-12)13-9-5-2-6-10-13/h1-11H/p+1. The molecular formula is C13H12NO+. The number of hydrogen-bond acceptors (Lipinski definition) is 1. The molecular weight excluding hydrogens is 186 g/mol. The minimum atomic E-state index is 0.733. The van der Waals surface area contributed by atoms with Gasteiger partial charge in [-0.05, 0) is 24.3 Å². The Balaban J connectivity index is 2.38. The molecule has 0 aliphatic rings. The molecule has 1 N–H and O–H groups in total. The number of nitrogens with one attached hydrogen (secondary N) is 1. The molecule has 0 heterocycles. The molecule has 2 aromatic carbocycles. The average Bonchev–Trinajstić information content (AvgIpc) is 2.33. The predicted molar refractivity (Wildman–Crippen MR) is 59.2 cm³/mol. The topological polar surface area (TPSA) is 21.5 Å². The highest BCUT2D eigenvalue weighted by Gasteiger charge is 2.12. The zero-order valence-electron chi connectivity index (χ0n) is 8.26. The van der Waals surface area contributed by atoms with E-state index in [1.165, 1.54) is 0 Å². The van der Waals surface area contributed by atoms with Crippen molar-refractivity contribution in [2.75, 3.05) is 0 Å². The zero-order valence-corrected chi connectivity index (χ0v) is 8.26. The lowest BCUT2D eigenvalue weighted by Gasteiger charge is -2.09. The first kappa shape index (κ1) is 9.62. The minimum absolute atomic E-state index is 0.733. The zero-order chi connectivity index (χ0) is 10.5. The lowest BCUT2D eigenvalue weighted by atomic mass is 10.2. The summed E-state index contributed by atoms with van der Waals surface area (Å²) in [5, 5.41) is 0. The van der Waals surface area contributed by atoms with Crippen molar-refractivity contribution in [2.45, 2.75) is 0 Å². The van der Waals surface area contributed by atoms with Gasteiger partial charge in [0, 0.05) is 0 Å². The van der Waals surface area contributed by atoms with Gasteiger partial charge >= 0.3 is 6.41 Å². The van der Waals surface area contributed by atoms with Crippen LogP contribution in [0.3, 0.4) is 0 Å². The van der Waals surface area contributed by atoms with Gasteiger partial charge in [-0.2, -0.15) is 0 Å². The molecule has 0 radical (unpaired) electrons. The van der Waals surface area contributed by atoms with Crippen molar-refractivity contribution in [2.24, 2.45) is 0 Å². The highest BCUT2D eigenvalue weighted by Crippen LogP contribution is 2.05. The van der Waals surface area contributed by atoms with Crippen molar-refractivity contribution in [1.82, 2.24) is 0 Å². The molecule has 0 bridgehead atoms. The third kappa shape index (κ3) is 2.11. The van der Waals surface area contributed by atoms with E-state index in [0.717, 1.165) is 22.7 Å². The minimum Gasteiger partial charge on any atom is -0.233 e. The normalized spacial score (nSPS) is 10.2. The van der Waals surface area contributed by atoms with E-state index in [9.17, 15) is 4.79 Å². The van der Waals surface area contributed by atoms with E-state index in [0.29, 0.717) is 0 Å². The van der Waals surface area contributed by atoms with Crippen LogP contribution in [0.1, 0.15) is 0 Å². The van der Waals surface area contributed by atoms with Crippen LogP contribution in [0.5, 0.6) is 0 Å². The molecule has 0 spiro atoms. The summed E-state index contributed by atoms with van der Waals surface area (Å²) in [6.07, 6.45) is 0.907. The van der Waals surface area contributed by atoms with Crippen LogP contribution in [0.2, 0.25) is 0 Å². The van der Waals surface area contributed by atoms with E-state index in [1.807, 2.05) is 60.7 Å². The Bertz CT molecular complexity index is 385. The summed E-state index contributed by atoms with van der Waals surface area (Å²) in [5.41, 5.74) is 1.91. The van der Waals surface area contributed by atoms with Crippen LogP contribution in [0.4, 0.5) is 11.4 Å². The largest absolute Gasteiger partial charge is 0.309 e. The third-order valence-corrected chi connectivity index (χ3v) is 2.29. The van der Waals surface area contributed by atoms with Gasteiger partial charge in [-0.1, -0.05) is 36.4 Å². The number of carbonyl (C=O) groups excluding carboxylic acids is 1. The molecule has 0 aromatic heterocycles. The Kier molecular flexibility index (Phi) is 2.90. The van der Waals surface area contributed by atoms with E-state index in [1.54, 1.807) is 0 Å². The molecule has 74 valence electrons. The molecule has 15 heavy (non-hydrogen) atoms. The number of quaternary nitrogens is 1. The smallest absolute Gasteiger partial charge is 0.233 e. The van der Waals surface area contributed by atoms with E-state index in [4.69, 9.17) is 0 Å². The number of hydrogen-bond donors (Lipinski definition) is 1. The third-order valence-electron chi connectivity index (χ3n) is 2.29. The van der Waals surface area contributed by atoms with Gasteiger partial charge in [0.25, 0.3) is 0 Å². The first-order chi connectivity index (χ1) is 7.42. The highest BCUT2D eigenvalue weighted by atomic mass is 16.1. The number of amides is 1. The van der Waals surface area contributed by atoms with Gasteiger partial charge in [-0.25, -0.2) is 9.69 Å². The second-order valence-electron chi connectivity index (χ2n) is 3.26. The maximum absolute atomic E-state index is 11.1. The molecule has 0 aliphatic heterocycles. The Labute approximate surface area is 88.8 Å². The number of rotatable bonds is 3. The van der Waals surface area contributed by atoms with Crippen LogP contribution >= 0.6 is 0 Å². The second-order valence-corrected chi connectivity index (χ2v) is 3.26. The summed E-state index contributed by atoms with van der Waals surface area (Å²) >= 11 is 0. The molecule has 2 heteroatoms. The van der Waals surface area contributed by atoms with Crippen LogP contribution in [-0.4, -0.2) is 6.41 Å². The van der Waals surface area contributed by atoms with Crippen LogP contribution < -0.4 is 4.90 Å². The van der Waals surface area contributed by atoms with Crippen molar-refractivity contribution < 1.29 is 9.69 Å². The molecule has 2 nitrogen and oxygen atoms in total. The Morgan fingerprint density at radius 2 is 1.13 bits per heavy atom. The molecule has 0 aliphatic carbocycles. The Morgan fingerprint density at radius 1 is 0.733 bits per heavy atom. The molecule has 0 atom stereocenters. The fourth-order valence-electron chi connectivity index (χ4n) is 1.54. The number of benzene rings is 2. The number of para-hydroxylation sites is 2. The summed E-state index contributed by atoms with van der Waals surface area (Å²) in [7, 11) is 0. The van der Waals surface area contributed by atoms with Gasteiger partial charge in [-0.3, -0.25) is 0 Å². The van der Waals surface area contributed by atoms with Gasteiger partial charge < -0.3 is 0 Å². The SMILES string of the molecule is O=C[NH+](c1ccccc1)c1ccccc1. The maximum Gasteiger partial charge on any atom is 0.309 e. The van der Waals surface area contributed by atoms with Crippen molar-refractivity contribution in [3.05, 3.63) is 60.7 Å². The van der Waals surface area contributed by atoms with Crippen molar-refractivity contribution in [3.63, 3.8) is 0 Å². The summed E-state index contributed by atoms with van der Waals surface area (Å²) in [6, 6.07) is 19.4. The van der Waals surface area contributed by atoms with Crippen LogP contribution in [0, 0.1) is 0 Å². The summed E-state index contributed by atoms with van der Waals surface area (Å²) in [5.74, 6) is 0. The van der Waals surface area contributed by atoms with E-state index < -0.39 is 0 Å². The Hall–Kier alpha value is -1.93. The lowest BCUT2D eigenvalue weighted by molar-refractivity contribution is -0.660. The van der Waals surface area contributed by atoms with E-state index in [2.05, 4.69) is 0 Å². The second kappa shape index (κ2) is 4.53. The molecule has 2 rings (SSSR count). The van der Waals surface area contributed by atoms with Crippen LogP contribution in [0.25, 0.3) is 0 Å². The van der Waals surface area contributed by atoms with Gasteiger partial charge in [-0.15, -0.1) is 0 Å². The Morgan fingerprint density at radius 3 is 1.47 bits per heavy atom. The summed E-state index contributed by atoms with van der Waals surface area (Å²) in [4.78, 5) is 11.8. The van der Waals surface area contributed by atoms with E-state index in [-0.39, 0.29) is 0 Å². The quantitative estimate of drug-likeness (QED) is 0.745. The lowest BCUT2D eigenvalue weighted by Crippen LogP contribution is -3.01. The summed E-state index contributed by atoms with van der Waals surface area (Å²) in [6.45, 7) is 0. The van der Waals surface area contributed by atoms with Crippen LogP contribution in [-0.2, 0) is 4.79 Å². The fraction of sp³-hybridized carbons (Fsp3) is 0. The molecule has 0 unspecified atom stereocenters. The van der Waals surface area contributed by atoms with Gasteiger partial charge in [0.05, 0.1) is 0 Å². The molecule has 2 aromatic rings. The fourth-order valence-corrected chi connectivity index (χ4v) is 1.54. The first-order valence-corrected chi connectivity index (χ1v) is 4.85. The first-order valence-electron chi connectivity index (χ1n) is 4.85. The maximum atomic E-state index is 11.1. The summed E-state index contributed by atoms with van der Waals surface area (Å²) < 4.78 is 0.